The lowest BCUT2D eigenvalue weighted by atomic mass is 10.3. The molecule has 0 aliphatic heterocycles. The minimum Gasteiger partial charge on any atom is -0.363 e. The quantitative estimate of drug-likeness (QED) is 0.611. The fourth-order valence-electron chi connectivity index (χ4n) is 2.72. The number of hydrogen-bond acceptors (Lipinski definition) is 7. The largest absolute Gasteiger partial charge is 0.363 e. The van der Waals surface area contributed by atoms with Crippen LogP contribution in [0, 0.1) is 13.8 Å². The van der Waals surface area contributed by atoms with Gasteiger partial charge in [0.2, 0.25) is 5.95 Å². The van der Waals surface area contributed by atoms with Crippen molar-refractivity contribution < 1.29 is 8.42 Å². The number of nitrogens with zero attached hydrogens (tertiary/aromatic N) is 5. The van der Waals surface area contributed by atoms with Crippen molar-refractivity contribution in [3.8, 4) is 0 Å². The maximum Gasteiger partial charge on any atom is 0.280 e. The van der Waals surface area contributed by atoms with Crippen molar-refractivity contribution in [2.24, 2.45) is 0 Å². The van der Waals surface area contributed by atoms with Crippen molar-refractivity contribution in [3.63, 3.8) is 0 Å². The van der Waals surface area contributed by atoms with Crippen LogP contribution in [0.2, 0.25) is 0 Å². The Hall–Kier alpha value is -3.14. The van der Waals surface area contributed by atoms with Gasteiger partial charge in [-0.15, -0.1) is 0 Å². The second-order valence-corrected chi connectivity index (χ2v) is 8.44. The lowest BCUT2D eigenvalue weighted by molar-refractivity contribution is 0.598. The van der Waals surface area contributed by atoms with Crippen molar-refractivity contribution in [2.45, 2.75) is 32.3 Å². The molecule has 0 spiro atoms. The van der Waals surface area contributed by atoms with E-state index in [1.165, 1.54) is 6.20 Å². The van der Waals surface area contributed by atoms with Gasteiger partial charge in [-0.3, -0.25) is 4.72 Å². The Bertz CT molecular complexity index is 1110. The molecule has 2 aromatic heterocycles. The van der Waals surface area contributed by atoms with Gasteiger partial charge in [-0.05, 0) is 45.0 Å². The molecule has 0 unspecified atom stereocenters. The summed E-state index contributed by atoms with van der Waals surface area (Å²) in [6.45, 7) is 6.27. The minimum atomic E-state index is -3.75. The number of rotatable bonds is 7. The number of nitrogens with one attached hydrogen (secondary N) is 2. The number of hydrogen-bond donors (Lipinski definition) is 2. The summed E-state index contributed by atoms with van der Waals surface area (Å²) in [5, 5.41) is 3.14. The molecule has 2 N–H and O–H groups in total. The van der Waals surface area contributed by atoms with Crippen LogP contribution in [0.3, 0.4) is 0 Å². The third-order valence-corrected chi connectivity index (χ3v) is 5.51. The molecule has 0 saturated heterocycles. The highest BCUT2D eigenvalue weighted by molar-refractivity contribution is 7.92. The Morgan fingerprint density at radius 3 is 2.28 bits per heavy atom. The van der Waals surface area contributed by atoms with E-state index in [9.17, 15) is 8.42 Å². The highest BCUT2D eigenvalue weighted by atomic mass is 32.2. The van der Waals surface area contributed by atoms with E-state index in [0.29, 0.717) is 24.0 Å². The van der Waals surface area contributed by atoms with Crippen LogP contribution in [0.25, 0.3) is 0 Å². The monoisotopic (exact) mass is 415 g/mol. The third-order valence-electron chi connectivity index (χ3n) is 4.26. The first-order chi connectivity index (χ1) is 13.7. The topological polar surface area (TPSA) is 105 Å². The Balaban J connectivity index is 1.75. The van der Waals surface area contributed by atoms with E-state index in [2.05, 4.69) is 25.0 Å². The summed E-state index contributed by atoms with van der Waals surface area (Å²) >= 11 is 0. The van der Waals surface area contributed by atoms with Crippen LogP contribution in [0.4, 0.5) is 23.1 Å². The number of anilines is 4. The van der Waals surface area contributed by atoms with Gasteiger partial charge in [0.15, 0.2) is 5.03 Å². The van der Waals surface area contributed by atoms with Gasteiger partial charge in [0.05, 0.1) is 0 Å². The van der Waals surface area contributed by atoms with Crippen LogP contribution in [0.5, 0.6) is 0 Å². The number of aromatic nitrogens is 4. The first kappa shape index (κ1) is 20.6. The van der Waals surface area contributed by atoms with Gasteiger partial charge >= 0.3 is 0 Å². The van der Waals surface area contributed by atoms with E-state index in [4.69, 9.17) is 0 Å². The van der Waals surface area contributed by atoms with Crippen LogP contribution >= 0.6 is 0 Å². The molecule has 0 fully saturated rings. The zero-order valence-electron chi connectivity index (χ0n) is 17.1. The number of aryl methyl sites for hydroxylation is 3. The molecule has 154 valence electrons. The Morgan fingerprint density at radius 1 is 1.03 bits per heavy atom. The SMILES string of the molecule is CCn1cc(S(=O)(=O)Nc2ccc(Nc3nc(C)cc(N(C)C)n3)cc2)nc1C. The van der Waals surface area contributed by atoms with Crippen molar-refractivity contribution >= 4 is 33.2 Å². The van der Waals surface area contributed by atoms with E-state index >= 15 is 0 Å². The molecule has 0 saturated carbocycles. The summed E-state index contributed by atoms with van der Waals surface area (Å²) in [6.07, 6.45) is 1.53. The molecule has 2 heterocycles. The third kappa shape index (κ3) is 4.83. The molecule has 10 heteroatoms. The minimum absolute atomic E-state index is 0.00317. The molecule has 3 aromatic rings. The molecule has 0 atom stereocenters. The normalized spacial score (nSPS) is 11.3. The summed E-state index contributed by atoms with van der Waals surface area (Å²) in [6, 6.07) is 8.76. The van der Waals surface area contributed by atoms with Crippen molar-refractivity contribution in [1.29, 1.82) is 0 Å². The van der Waals surface area contributed by atoms with Gasteiger partial charge in [-0.2, -0.15) is 13.4 Å². The lowest BCUT2D eigenvalue weighted by Gasteiger charge is -2.14. The Kier molecular flexibility index (Phi) is 5.73. The van der Waals surface area contributed by atoms with Gasteiger partial charge in [0.1, 0.15) is 11.6 Å². The molecular weight excluding hydrogens is 390 g/mol. The van der Waals surface area contributed by atoms with Gasteiger partial charge < -0.3 is 14.8 Å². The second kappa shape index (κ2) is 8.08. The zero-order valence-corrected chi connectivity index (χ0v) is 17.9. The van der Waals surface area contributed by atoms with E-state index in [-0.39, 0.29) is 5.03 Å². The number of sulfonamides is 1. The first-order valence-electron chi connectivity index (χ1n) is 9.14. The molecule has 0 aliphatic carbocycles. The van der Waals surface area contributed by atoms with Gasteiger partial charge in [-0.25, -0.2) is 9.97 Å². The highest BCUT2D eigenvalue weighted by Gasteiger charge is 2.19. The molecule has 29 heavy (non-hydrogen) atoms. The van der Waals surface area contributed by atoms with E-state index < -0.39 is 10.0 Å². The Labute approximate surface area is 170 Å². The van der Waals surface area contributed by atoms with Crippen LogP contribution in [-0.4, -0.2) is 42.0 Å². The maximum absolute atomic E-state index is 12.6. The standard InChI is InChI=1S/C19H25N7O2S/c1-6-26-12-18(21-14(26)3)29(27,28)24-16-9-7-15(8-10-16)22-19-20-13(2)11-17(23-19)25(4)5/h7-12,24H,6H2,1-5H3,(H,20,22,23). The summed E-state index contributed by atoms with van der Waals surface area (Å²) in [4.78, 5) is 14.9. The number of imidazole rings is 1. The molecule has 1 aromatic carbocycles. The second-order valence-electron chi connectivity index (χ2n) is 6.81. The maximum atomic E-state index is 12.6. The summed E-state index contributed by atoms with van der Waals surface area (Å²) in [5.74, 6) is 1.93. The molecule has 0 amide bonds. The molecule has 0 aliphatic rings. The fourth-order valence-corrected chi connectivity index (χ4v) is 3.79. The average molecular weight is 416 g/mol. The summed E-state index contributed by atoms with van der Waals surface area (Å²) in [5.41, 5.74) is 2.03. The first-order valence-corrected chi connectivity index (χ1v) is 10.6. The predicted molar refractivity (Wildman–Crippen MR) is 114 cm³/mol. The predicted octanol–water partition coefficient (Wildman–Crippen LogP) is 2.92. The summed E-state index contributed by atoms with van der Waals surface area (Å²) < 4.78 is 29.5. The highest BCUT2D eigenvalue weighted by Crippen LogP contribution is 2.21. The van der Waals surface area contributed by atoms with Crippen molar-refractivity contribution in [1.82, 2.24) is 19.5 Å². The van der Waals surface area contributed by atoms with E-state index in [0.717, 1.165) is 17.2 Å². The zero-order chi connectivity index (χ0) is 21.2. The van der Waals surface area contributed by atoms with Crippen LogP contribution in [0.15, 0.2) is 41.6 Å². The average Bonchev–Trinajstić information content (AvgIpc) is 3.04. The molecule has 0 radical (unpaired) electrons. The van der Waals surface area contributed by atoms with Gasteiger partial charge in [0.25, 0.3) is 10.0 Å². The van der Waals surface area contributed by atoms with E-state index in [1.807, 2.05) is 38.9 Å². The molecule has 3 rings (SSSR count). The lowest BCUT2D eigenvalue weighted by Crippen LogP contribution is -2.13. The smallest absolute Gasteiger partial charge is 0.280 e. The van der Waals surface area contributed by atoms with Crippen LogP contribution < -0.4 is 14.9 Å². The molecule has 9 nitrogen and oxygen atoms in total. The van der Waals surface area contributed by atoms with Gasteiger partial charge in [-0.1, -0.05) is 0 Å². The van der Waals surface area contributed by atoms with Crippen LogP contribution in [-0.2, 0) is 16.6 Å². The Morgan fingerprint density at radius 2 is 1.69 bits per heavy atom. The van der Waals surface area contributed by atoms with Crippen molar-refractivity contribution in [2.75, 3.05) is 29.0 Å². The van der Waals surface area contributed by atoms with E-state index in [1.54, 1.807) is 35.8 Å². The molecular formula is C19H25N7O2S. The van der Waals surface area contributed by atoms with Crippen molar-refractivity contribution in [3.05, 3.63) is 48.0 Å². The summed E-state index contributed by atoms with van der Waals surface area (Å²) in [7, 11) is 0.0782. The van der Waals surface area contributed by atoms with Crippen LogP contribution in [0.1, 0.15) is 18.4 Å². The molecule has 0 bridgehead atoms. The fraction of sp³-hybridized carbons (Fsp3) is 0.316. The number of benzene rings is 1. The van der Waals surface area contributed by atoms with Gasteiger partial charge in [0, 0.05) is 50.0 Å².